The van der Waals surface area contributed by atoms with Crippen LogP contribution in [0.2, 0.25) is 5.02 Å². The minimum absolute atomic E-state index is 0.0767. The lowest BCUT2D eigenvalue weighted by Gasteiger charge is -2.37. The van der Waals surface area contributed by atoms with Crippen molar-refractivity contribution in [2.45, 2.75) is 32.5 Å². The first kappa shape index (κ1) is 26.1. The highest BCUT2D eigenvalue weighted by Crippen LogP contribution is 2.23. The predicted octanol–water partition coefficient (Wildman–Crippen LogP) is 3.96. The van der Waals surface area contributed by atoms with Crippen molar-refractivity contribution in [3.8, 4) is 0 Å². The number of piperazine rings is 1. The molecule has 10 nitrogen and oxygen atoms in total. The second-order valence-electron chi connectivity index (χ2n) is 8.99. The summed E-state index contributed by atoms with van der Waals surface area (Å²) in [5.74, 6) is -0.367. The number of non-ortho nitro benzene ring substituents is 1. The van der Waals surface area contributed by atoms with E-state index in [0.29, 0.717) is 16.9 Å². The summed E-state index contributed by atoms with van der Waals surface area (Å²) < 4.78 is 1.32. The lowest BCUT2D eigenvalue weighted by Crippen LogP contribution is -2.54. The normalized spacial score (nSPS) is 17.6. The maximum Gasteiger partial charge on any atom is 0.287 e. The van der Waals surface area contributed by atoms with Crippen LogP contribution >= 0.6 is 11.6 Å². The van der Waals surface area contributed by atoms with Gasteiger partial charge in [0.2, 0.25) is 0 Å². The number of nitro groups is 1. The Morgan fingerprint density at radius 1 is 1.16 bits per heavy atom. The van der Waals surface area contributed by atoms with Crippen molar-refractivity contribution in [2.75, 3.05) is 23.3 Å². The summed E-state index contributed by atoms with van der Waals surface area (Å²) in [5.41, 5.74) is 2.00. The molecule has 4 rings (SSSR count). The predicted molar refractivity (Wildman–Crippen MR) is 144 cm³/mol. The van der Waals surface area contributed by atoms with Gasteiger partial charge in [-0.25, -0.2) is 4.68 Å². The van der Waals surface area contributed by atoms with Gasteiger partial charge in [-0.1, -0.05) is 35.9 Å². The number of nitrogens with zero attached hydrogens (tertiary/aromatic N) is 4. The minimum atomic E-state index is -0.516. The lowest BCUT2D eigenvalue weighted by molar-refractivity contribution is -0.384. The zero-order chi connectivity index (χ0) is 26.5. The molecule has 37 heavy (non-hydrogen) atoms. The Kier molecular flexibility index (Phi) is 8.00. The van der Waals surface area contributed by atoms with E-state index < -0.39 is 4.92 Å². The highest BCUT2D eigenvalue weighted by atomic mass is 35.5. The van der Waals surface area contributed by atoms with Crippen LogP contribution in [0.15, 0.2) is 65.6 Å². The zero-order valence-corrected chi connectivity index (χ0v) is 21.2. The largest absolute Gasteiger partial charge is 0.366 e. The average Bonchev–Trinajstić information content (AvgIpc) is 2.87. The molecular formula is C26H27ClN6O4. The second kappa shape index (κ2) is 11.4. The van der Waals surface area contributed by atoms with Gasteiger partial charge in [-0.2, -0.15) is 5.10 Å². The van der Waals surface area contributed by atoms with Crippen molar-refractivity contribution < 1.29 is 9.72 Å². The molecule has 0 saturated carbocycles. The Hall–Kier alpha value is -4.02. The molecule has 1 aliphatic rings. The molecule has 2 atom stereocenters. The summed E-state index contributed by atoms with van der Waals surface area (Å²) in [6.07, 6.45) is 5.30. The lowest BCUT2D eigenvalue weighted by atomic mass is 10.1. The van der Waals surface area contributed by atoms with E-state index in [1.807, 2.05) is 24.3 Å². The summed E-state index contributed by atoms with van der Waals surface area (Å²) in [4.78, 5) is 37.5. The van der Waals surface area contributed by atoms with Crippen molar-refractivity contribution >= 4 is 40.6 Å². The number of nitrogens with one attached hydrogen (secondary N) is 2. The number of nitro benzene ring substituents is 1. The summed E-state index contributed by atoms with van der Waals surface area (Å²) in [6, 6.07) is 13.1. The number of amides is 1. The standard InChI is InChI=1S/C26H27ClN6O4/c1-17-15-31(16-18(2)29-17)23-14-28-32(26(35)24(23)27)13-3-4-19-5-9-21(10-6-19)30-25(34)20-7-11-22(12-8-20)33(36)37/h3-12,14,17-18,29H,13,15-16H2,1-2H3,(H,30,34)/b4-3+/t17-,18+. The molecule has 2 heterocycles. The molecule has 0 radical (unpaired) electrons. The van der Waals surface area contributed by atoms with E-state index in [2.05, 4.69) is 34.5 Å². The molecule has 192 valence electrons. The molecular weight excluding hydrogens is 496 g/mol. The fraction of sp³-hybridized carbons (Fsp3) is 0.269. The number of benzene rings is 2. The van der Waals surface area contributed by atoms with Crippen LogP contribution in [0.5, 0.6) is 0 Å². The molecule has 11 heteroatoms. The number of hydrogen-bond acceptors (Lipinski definition) is 7. The molecule has 1 fully saturated rings. The van der Waals surface area contributed by atoms with E-state index in [4.69, 9.17) is 11.6 Å². The van der Waals surface area contributed by atoms with Gasteiger partial charge in [0.05, 0.1) is 23.4 Å². The summed E-state index contributed by atoms with van der Waals surface area (Å²) in [5, 5.41) is 21.4. The van der Waals surface area contributed by atoms with Crippen molar-refractivity contribution in [1.29, 1.82) is 0 Å². The monoisotopic (exact) mass is 522 g/mol. The van der Waals surface area contributed by atoms with Crippen LogP contribution in [0.3, 0.4) is 0 Å². The average molecular weight is 523 g/mol. The molecule has 1 aliphatic heterocycles. The van der Waals surface area contributed by atoms with E-state index in [-0.39, 0.29) is 40.8 Å². The topological polar surface area (TPSA) is 122 Å². The van der Waals surface area contributed by atoms with E-state index in [1.165, 1.54) is 28.9 Å². The van der Waals surface area contributed by atoms with Crippen LogP contribution in [0.25, 0.3) is 6.08 Å². The number of hydrogen-bond donors (Lipinski definition) is 2. The number of rotatable bonds is 7. The van der Waals surface area contributed by atoms with Crippen LogP contribution in [-0.2, 0) is 6.54 Å². The van der Waals surface area contributed by atoms with Gasteiger partial charge in [-0.05, 0) is 43.7 Å². The van der Waals surface area contributed by atoms with Crippen molar-refractivity contribution in [1.82, 2.24) is 15.1 Å². The Morgan fingerprint density at radius 2 is 1.81 bits per heavy atom. The zero-order valence-electron chi connectivity index (χ0n) is 20.4. The van der Waals surface area contributed by atoms with E-state index in [1.54, 1.807) is 18.3 Å². The number of carbonyl (C=O) groups is 1. The van der Waals surface area contributed by atoms with Gasteiger partial charge in [-0.15, -0.1) is 0 Å². The highest BCUT2D eigenvalue weighted by molar-refractivity contribution is 6.33. The quantitative estimate of drug-likeness (QED) is 0.355. The maximum atomic E-state index is 12.8. The van der Waals surface area contributed by atoms with Crippen LogP contribution in [-0.4, -0.2) is 45.8 Å². The number of anilines is 2. The number of halogens is 1. The van der Waals surface area contributed by atoms with Crippen LogP contribution in [0.4, 0.5) is 17.1 Å². The summed E-state index contributed by atoms with van der Waals surface area (Å²) in [6.45, 7) is 5.94. The third-order valence-electron chi connectivity index (χ3n) is 5.96. The first-order chi connectivity index (χ1) is 17.7. The fourth-order valence-corrected chi connectivity index (χ4v) is 4.50. The van der Waals surface area contributed by atoms with Crippen molar-refractivity contribution in [3.63, 3.8) is 0 Å². The van der Waals surface area contributed by atoms with Gasteiger partial charge < -0.3 is 15.5 Å². The minimum Gasteiger partial charge on any atom is -0.366 e. The van der Waals surface area contributed by atoms with E-state index in [9.17, 15) is 19.7 Å². The number of carbonyl (C=O) groups excluding carboxylic acids is 1. The fourth-order valence-electron chi connectivity index (χ4n) is 4.23. The molecule has 1 amide bonds. The Labute approximate surface area is 218 Å². The molecule has 2 N–H and O–H groups in total. The molecule has 1 saturated heterocycles. The molecule has 3 aromatic rings. The molecule has 0 aliphatic carbocycles. The third kappa shape index (κ3) is 6.41. The number of allylic oxidation sites excluding steroid dienone is 1. The van der Waals surface area contributed by atoms with Gasteiger partial charge in [0.15, 0.2) is 0 Å². The number of aromatic nitrogens is 2. The first-order valence-corrected chi connectivity index (χ1v) is 12.2. The second-order valence-corrected chi connectivity index (χ2v) is 9.37. The molecule has 0 unspecified atom stereocenters. The Balaban J connectivity index is 1.36. The van der Waals surface area contributed by atoms with Gasteiger partial charge >= 0.3 is 0 Å². The van der Waals surface area contributed by atoms with E-state index in [0.717, 1.165) is 18.7 Å². The van der Waals surface area contributed by atoms with Crippen LogP contribution < -0.4 is 21.1 Å². The van der Waals surface area contributed by atoms with Crippen LogP contribution in [0, 0.1) is 10.1 Å². The van der Waals surface area contributed by atoms with Gasteiger partial charge in [0, 0.05) is 48.6 Å². The molecule has 1 aromatic heterocycles. The SMILES string of the molecule is C[C@@H]1CN(c2cnn(C/C=C/c3ccc(NC(=O)c4ccc([N+](=O)[O-])cc4)cc3)c(=O)c2Cl)C[C@H](C)N1. The van der Waals surface area contributed by atoms with Crippen LogP contribution in [0.1, 0.15) is 29.8 Å². The van der Waals surface area contributed by atoms with Gasteiger partial charge in [-0.3, -0.25) is 19.7 Å². The highest BCUT2D eigenvalue weighted by Gasteiger charge is 2.24. The first-order valence-electron chi connectivity index (χ1n) is 11.8. The Bertz CT molecular complexity index is 1360. The maximum absolute atomic E-state index is 12.8. The summed E-state index contributed by atoms with van der Waals surface area (Å²) in [7, 11) is 0. The third-order valence-corrected chi connectivity index (χ3v) is 6.32. The van der Waals surface area contributed by atoms with Crippen molar-refractivity contribution in [2.24, 2.45) is 0 Å². The Morgan fingerprint density at radius 3 is 2.43 bits per heavy atom. The van der Waals surface area contributed by atoms with Crippen molar-refractivity contribution in [3.05, 3.63) is 97.4 Å². The smallest absolute Gasteiger partial charge is 0.287 e. The van der Waals surface area contributed by atoms with E-state index >= 15 is 0 Å². The molecule has 0 bridgehead atoms. The van der Waals surface area contributed by atoms with Gasteiger partial charge in [0.1, 0.15) is 5.02 Å². The molecule has 2 aromatic carbocycles. The summed E-state index contributed by atoms with van der Waals surface area (Å²) >= 11 is 6.42. The van der Waals surface area contributed by atoms with Gasteiger partial charge in [0.25, 0.3) is 17.2 Å². The molecule has 0 spiro atoms.